The Hall–Kier alpha value is -2.44. The molecule has 0 aliphatic rings. The highest BCUT2D eigenvalue weighted by Crippen LogP contribution is 2.36. The molecule has 0 aliphatic heterocycles. The molecule has 0 atom stereocenters. The number of amides is 1. The number of carboxylic acid groups (broad SMARTS) is 1. The van der Waals surface area contributed by atoms with Crippen LogP contribution in [0.5, 0.6) is 0 Å². The van der Waals surface area contributed by atoms with Crippen molar-refractivity contribution in [2.45, 2.75) is 12.8 Å². The first-order valence-electron chi connectivity index (χ1n) is 7.99. The molecule has 0 saturated carbocycles. The molecule has 0 unspecified atom stereocenters. The molecule has 4 nitrogen and oxygen atoms in total. The van der Waals surface area contributed by atoms with Crippen LogP contribution < -0.4 is 5.32 Å². The number of aromatic carboxylic acids is 1. The average molecular weight is 430 g/mol. The van der Waals surface area contributed by atoms with E-state index in [0.717, 1.165) is 15.6 Å². The average Bonchev–Trinajstić information content (AvgIpc) is 3.05. The summed E-state index contributed by atoms with van der Waals surface area (Å²) >= 11 is 4.68. The molecule has 0 fully saturated rings. The molecule has 132 valence electrons. The maximum Gasteiger partial charge on any atom is 0.339 e. The number of nitrogens with one attached hydrogen (secondary N) is 1. The molecule has 1 amide bonds. The Balaban J connectivity index is 1.76. The van der Waals surface area contributed by atoms with Crippen LogP contribution in [0.15, 0.2) is 64.5 Å². The number of carbonyl (C=O) groups excluding carboxylic acids is 1. The Morgan fingerprint density at radius 1 is 1.04 bits per heavy atom. The highest BCUT2D eigenvalue weighted by atomic mass is 79.9. The van der Waals surface area contributed by atoms with Crippen molar-refractivity contribution in [2.75, 3.05) is 5.32 Å². The summed E-state index contributed by atoms with van der Waals surface area (Å²) in [7, 11) is 0. The van der Waals surface area contributed by atoms with Crippen molar-refractivity contribution in [3.8, 4) is 10.4 Å². The van der Waals surface area contributed by atoms with Crippen molar-refractivity contribution in [1.82, 2.24) is 0 Å². The molecular weight excluding hydrogens is 414 g/mol. The lowest BCUT2D eigenvalue weighted by Gasteiger charge is -2.06. The molecule has 26 heavy (non-hydrogen) atoms. The van der Waals surface area contributed by atoms with E-state index in [1.54, 1.807) is 5.38 Å². The van der Waals surface area contributed by atoms with E-state index in [-0.39, 0.29) is 11.5 Å². The largest absolute Gasteiger partial charge is 0.478 e. The van der Waals surface area contributed by atoms with Gasteiger partial charge in [-0.25, -0.2) is 4.79 Å². The van der Waals surface area contributed by atoms with E-state index in [1.807, 2.05) is 54.6 Å². The van der Waals surface area contributed by atoms with E-state index in [1.165, 1.54) is 11.3 Å². The number of carboxylic acids is 1. The zero-order chi connectivity index (χ0) is 18.5. The van der Waals surface area contributed by atoms with Crippen LogP contribution in [0.1, 0.15) is 22.3 Å². The summed E-state index contributed by atoms with van der Waals surface area (Å²) in [5.41, 5.74) is 2.35. The van der Waals surface area contributed by atoms with Gasteiger partial charge >= 0.3 is 5.97 Å². The van der Waals surface area contributed by atoms with Crippen molar-refractivity contribution in [1.29, 1.82) is 0 Å². The normalized spacial score (nSPS) is 10.5. The molecule has 6 heteroatoms. The van der Waals surface area contributed by atoms with Crippen molar-refractivity contribution < 1.29 is 14.7 Å². The van der Waals surface area contributed by atoms with Crippen molar-refractivity contribution in [2.24, 2.45) is 0 Å². The van der Waals surface area contributed by atoms with Crippen LogP contribution in [0.3, 0.4) is 0 Å². The second kappa shape index (κ2) is 8.29. The zero-order valence-corrected chi connectivity index (χ0v) is 16.1. The molecule has 2 aromatic carbocycles. The van der Waals surface area contributed by atoms with Gasteiger partial charge in [0.15, 0.2) is 0 Å². The van der Waals surface area contributed by atoms with Crippen LogP contribution in [0.4, 0.5) is 5.69 Å². The number of aryl methyl sites for hydroxylation is 1. The summed E-state index contributed by atoms with van der Waals surface area (Å²) in [6, 6.07) is 17.1. The highest BCUT2D eigenvalue weighted by Gasteiger charge is 2.21. The first-order chi connectivity index (χ1) is 12.5. The van der Waals surface area contributed by atoms with Gasteiger partial charge in [0.25, 0.3) is 0 Å². The Bertz CT molecular complexity index is 920. The second-order valence-corrected chi connectivity index (χ2v) is 7.49. The fourth-order valence-corrected chi connectivity index (χ4v) is 3.86. The van der Waals surface area contributed by atoms with Gasteiger partial charge in [0.1, 0.15) is 5.56 Å². The van der Waals surface area contributed by atoms with Gasteiger partial charge in [-0.15, -0.1) is 11.3 Å². The molecule has 3 aromatic rings. The lowest BCUT2D eigenvalue weighted by atomic mass is 10.1. The minimum Gasteiger partial charge on any atom is -0.478 e. The molecule has 2 N–H and O–H groups in total. The standard InChI is InChI=1S/C20H16BrNO3S/c21-15-9-7-14(8-10-15)19-18(20(24)25)16(12-26-19)22-17(23)11-6-13-4-2-1-3-5-13/h1-5,7-10,12H,6,11H2,(H,22,23)(H,24,25). The molecular formula is C20H16BrNO3S. The summed E-state index contributed by atoms with van der Waals surface area (Å²) in [5.74, 6) is -1.25. The van der Waals surface area contributed by atoms with E-state index in [9.17, 15) is 14.7 Å². The number of hydrogen-bond donors (Lipinski definition) is 2. The van der Waals surface area contributed by atoms with E-state index < -0.39 is 5.97 Å². The van der Waals surface area contributed by atoms with Gasteiger partial charge in [-0.3, -0.25) is 4.79 Å². The first kappa shape index (κ1) is 18.4. The van der Waals surface area contributed by atoms with Crippen LogP contribution in [-0.4, -0.2) is 17.0 Å². The number of hydrogen-bond acceptors (Lipinski definition) is 3. The number of halogens is 1. The van der Waals surface area contributed by atoms with Gasteiger partial charge < -0.3 is 10.4 Å². The van der Waals surface area contributed by atoms with Crippen molar-refractivity contribution in [3.63, 3.8) is 0 Å². The molecule has 0 radical (unpaired) electrons. The zero-order valence-electron chi connectivity index (χ0n) is 13.7. The van der Waals surface area contributed by atoms with Crippen molar-refractivity contribution >= 4 is 44.8 Å². The fraction of sp³-hybridized carbons (Fsp3) is 0.100. The molecule has 0 saturated heterocycles. The first-order valence-corrected chi connectivity index (χ1v) is 9.66. The van der Waals surface area contributed by atoms with Gasteiger partial charge in [-0.05, 0) is 29.7 Å². The monoisotopic (exact) mass is 429 g/mol. The van der Waals surface area contributed by atoms with E-state index in [0.29, 0.717) is 23.4 Å². The summed E-state index contributed by atoms with van der Waals surface area (Å²) in [5, 5.41) is 14.0. The van der Waals surface area contributed by atoms with Crippen molar-refractivity contribution in [3.05, 3.63) is 75.6 Å². The molecule has 1 aromatic heterocycles. The number of benzene rings is 2. The number of anilines is 1. The van der Waals surface area contributed by atoms with Gasteiger partial charge in [0.05, 0.1) is 10.6 Å². The van der Waals surface area contributed by atoms with Gasteiger partial charge in [-0.1, -0.05) is 58.4 Å². The fourth-order valence-electron chi connectivity index (χ4n) is 2.59. The number of thiophene rings is 1. The number of carbonyl (C=O) groups is 2. The van der Waals surface area contributed by atoms with Gasteiger partial charge in [0.2, 0.25) is 5.91 Å². The van der Waals surface area contributed by atoms with Gasteiger partial charge in [0, 0.05) is 16.3 Å². The topological polar surface area (TPSA) is 66.4 Å². The quantitative estimate of drug-likeness (QED) is 0.547. The Labute approximate surface area is 163 Å². The Morgan fingerprint density at radius 2 is 1.73 bits per heavy atom. The SMILES string of the molecule is O=C(CCc1ccccc1)Nc1csc(-c2ccc(Br)cc2)c1C(=O)O. The predicted molar refractivity (Wildman–Crippen MR) is 108 cm³/mol. The Morgan fingerprint density at radius 3 is 2.38 bits per heavy atom. The second-order valence-electron chi connectivity index (χ2n) is 5.70. The summed E-state index contributed by atoms with van der Waals surface area (Å²) in [4.78, 5) is 24.6. The van der Waals surface area contributed by atoms with Crippen LogP contribution >= 0.6 is 27.3 Å². The predicted octanol–water partition coefficient (Wildman–Crippen LogP) is 5.45. The summed E-state index contributed by atoms with van der Waals surface area (Å²) < 4.78 is 0.920. The molecule has 0 aliphatic carbocycles. The summed E-state index contributed by atoms with van der Waals surface area (Å²) in [6.07, 6.45) is 0.908. The van der Waals surface area contributed by atoms with Gasteiger partial charge in [-0.2, -0.15) is 0 Å². The van der Waals surface area contributed by atoms with E-state index in [2.05, 4.69) is 21.2 Å². The van der Waals surface area contributed by atoms with E-state index in [4.69, 9.17) is 0 Å². The third-order valence-electron chi connectivity index (χ3n) is 3.87. The third-order valence-corrected chi connectivity index (χ3v) is 5.43. The minimum absolute atomic E-state index is 0.130. The van der Waals surface area contributed by atoms with Crippen LogP contribution in [0, 0.1) is 0 Å². The smallest absolute Gasteiger partial charge is 0.339 e. The third kappa shape index (κ3) is 4.39. The molecule has 3 rings (SSSR count). The molecule has 0 bridgehead atoms. The maximum atomic E-state index is 12.2. The maximum absolute atomic E-state index is 12.2. The number of rotatable bonds is 6. The van der Waals surface area contributed by atoms with Crippen LogP contribution in [0.2, 0.25) is 0 Å². The van der Waals surface area contributed by atoms with Crippen LogP contribution in [-0.2, 0) is 11.2 Å². The van der Waals surface area contributed by atoms with Crippen LogP contribution in [0.25, 0.3) is 10.4 Å². The summed E-state index contributed by atoms with van der Waals surface area (Å²) in [6.45, 7) is 0. The van der Waals surface area contributed by atoms with E-state index >= 15 is 0 Å². The Kier molecular flexibility index (Phi) is 5.85. The highest BCUT2D eigenvalue weighted by molar-refractivity contribution is 9.10. The molecule has 1 heterocycles. The minimum atomic E-state index is -1.05. The molecule has 0 spiro atoms. The lowest BCUT2D eigenvalue weighted by molar-refractivity contribution is -0.116. The lowest BCUT2D eigenvalue weighted by Crippen LogP contribution is -2.14.